The highest BCUT2D eigenvalue weighted by molar-refractivity contribution is 7.21. The molecule has 2 aromatic heterocycles. The van der Waals surface area contributed by atoms with Crippen LogP contribution in [0.3, 0.4) is 0 Å². The van der Waals surface area contributed by atoms with Crippen LogP contribution in [0.1, 0.15) is 36.8 Å². The molecule has 0 unspecified atom stereocenters. The van der Waals surface area contributed by atoms with Crippen LogP contribution in [0.2, 0.25) is 0 Å². The van der Waals surface area contributed by atoms with Crippen molar-refractivity contribution < 1.29 is 14.3 Å². The Hall–Kier alpha value is -4.41. The molecule has 9 nitrogen and oxygen atoms in total. The number of hydrogen-bond acceptors (Lipinski definition) is 8. The average molecular weight is 581 g/mol. The molecular weight excluding hydrogens is 548 g/mol. The molecule has 3 heterocycles. The zero-order valence-corrected chi connectivity index (χ0v) is 24.6. The number of hydrogen-bond donors (Lipinski definition) is 1. The quantitative estimate of drug-likeness (QED) is 0.264. The van der Waals surface area contributed by atoms with Gasteiger partial charge in [-0.1, -0.05) is 36.4 Å². The highest BCUT2D eigenvalue weighted by Crippen LogP contribution is 2.36. The van der Waals surface area contributed by atoms with Crippen molar-refractivity contribution in [2.75, 3.05) is 31.5 Å². The van der Waals surface area contributed by atoms with Gasteiger partial charge in [0.2, 0.25) is 0 Å². The molecule has 42 heavy (non-hydrogen) atoms. The third-order valence-corrected chi connectivity index (χ3v) is 8.06. The monoisotopic (exact) mass is 580 g/mol. The van der Waals surface area contributed by atoms with Gasteiger partial charge >= 0.3 is 6.09 Å². The standard InChI is InChI=1S/C32H32N6O3S/c1-32(2,3)41-31(40)38-17-15-37(16-18-38)20-21-9-8-14-27-28(21)36-30(42-27)22-10-4-5-11-23(22)35-29(39)26-19-33-24-12-6-7-13-25(24)34-26/h4-14,19H,15-18,20H2,1-3H3,(H,35,39). The molecule has 1 saturated heterocycles. The van der Waals surface area contributed by atoms with Crippen LogP contribution in [0.15, 0.2) is 72.9 Å². The predicted octanol–water partition coefficient (Wildman–Crippen LogP) is 6.21. The molecule has 1 aliphatic rings. The average Bonchev–Trinajstić information content (AvgIpc) is 3.42. The Morgan fingerprint density at radius 3 is 2.43 bits per heavy atom. The van der Waals surface area contributed by atoms with Crippen LogP contribution < -0.4 is 5.32 Å². The molecule has 0 spiro atoms. The molecule has 5 aromatic rings. The Balaban J connectivity index is 1.19. The molecule has 0 aliphatic carbocycles. The zero-order chi connectivity index (χ0) is 29.3. The fourth-order valence-electron chi connectivity index (χ4n) is 4.94. The van der Waals surface area contributed by atoms with E-state index in [0.29, 0.717) is 24.3 Å². The summed E-state index contributed by atoms with van der Waals surface area (Å²) in [5.74, 6) is -0.326. The summed E-state index contributed by atoms with van der Waals surface area (Å²) in [5, 5.41) is 3.84. The van der Waals surface area contributed by atoms with E-state index < -0.39 is 5.60 Å². The molecule has 0 bridgehead atoms. The number of carbonyl (C=O) groups excluding carboxylic acids is 2. The number of benzene rings is 3. The van der Waals surface area contributed by atoms with Crippen molar-refractivity contribution in [1.82, 2.24) is 24.8 Å². The molecule has 0 saturated carbocycles. The molecule has 0 atom stereocenters. The number of thiazole rings is 1. The first-order chi connectivity index (χ1) is 20.2. The number of anilines is 1. The zero-order valence-electron chi connectivity index (χ0n) is 23.8. The number of rotatable bonds is 5. The Morgan fingerprint density at radius 2 is 1.64 bits per heavy atom. The Bertz CT molecular complexity index is 1770. The first kappa shape index (κ1) is 27.7. The smallest absolute Gasteiger partial charge is 0.410 e. The van der Waals surface area contributed by atoms with Crippen LogP contribution in [0.5, 0.6) is 0 Å². The van der Waals surface area contributed by atoms with E-state index in [1.807, 2.05) is 69.3 Å². The van der Waals surface area contributed by atoms with Crippen molar-refractivity contribution in [2.45, 2.75) is 32.9 Å². The molecule has 10 heteroatoms. The van der Waals surface area contributed by atoms with Gasteiger partial charge in [-0.05, 0) is 56.7 Å². The van der Waals surface area contributed by atoms with Crippen molar-refractivity contribution in [3.63, 3.8) is 0 Å². The summed E-state index contributed by atoms with van der Waals surface area (Å²) in [5.41, 5.74) is 4.75. The maximum Gasteiger partial charge on any atom is 0.410 e. The van der Waals surface area contributed by atoms with Crippen molar-refractivity contribution in [2.24, 2.45) is 0 Å². The third-order valence-electron chi connectivity index (χ3n) is 7.01. The molecule has 0 radical (unpaired) electrons. The number of carbonyl (C=O) groups is 2. The van der Waals surface area contributed by atoms with E-state index in [0.717, 1.165) is 51.5 Å². The van der Waals surface area contributed by atoms with E-state index >= 15 is 0 Å². The van der Waals surface area contributed by atoms with E-state index in [4.69, 9.17) is 9.72 Å². The summed E-state index contributed by atoms with van der Waals surface area (Å²) < 4.78 is 6.62. The molecule has 214 valence electrons. The second-order valence-electron chi connectivity index (χ2n) is 11.3. The molecular formula is C32H32N6O3S. The fraction of sp³-hybridized carbons (Fsp3) is 0.281. The Kier molecular flexibility index (Phi) is 7.57. The van der Waals surface area contributed by atoms with Crippen LogP contribution in [-0.4, -0.2) is 68.5 Å². The number of ether oxygens (including phenoxy) is 1. The first-order valence-corrected chi connectivity index (χ1v) is 14.8. The predicted molar refractivity (Wildman–Crippen MR) is 166 cm³/mol. The van der Waals surface area contributed by atoms with Crippen molar-refractivity contribution in [1.29, 1.82) is 0 Å². The van der Waals surface area contributed by atoms with Crippen molar-refractivity contribution in [3.05, 3.63) is 84.2 Å². The number of para-hydroxylation sites is 4. The molecule has 6 rings (SSSR count). The summed E-state index contributed by atoms with van der Waals surface area (Å²) in [6.07, 6.45) is 1.24. The SMILES string of the molecule is CC(C)(C)OC(=O)N1CCN(Cc2cccc3sc(-c4ccccc4NC(=O)c4cnc5ccccc5n4)nc23)CC1. The van der Waals surface area contributed by atoms with Gasteiger partial charge in [-0.2, -0.15) is 0 Å². The number of amides is 2. The first-order valence-electron chi connectivity index (χ1n) is 13.9. The van der Waals surface area contributed by atoms with Gasteiger partial charge in [0.1, 0.15) is 16.3 Å². The van der Waals surface area contributed by atoms with Crippen LogP contribution in [0, 0.1) is 0 Å². The highest BCUT2D eigenvalue weighted by atomic mass is 32.1. The lowest BCUT2D eigenvalue weighted by molar-refractivity contribution is 0.0139. The number of nitrogens with zero attached hydrogens (tertiary/aromatic N) is 5. The summed E-state index contributed by atoms with van der Waals surface area (Å²) in [7, 11) is 0. The summed E-state index contributed by atoms with van der Waals surface area (Å²) in [6, 6.07) is 21.4. The second kappa shape index (κ2) is 11.5. The van der Waals surface area contributed by atoms with Gasteiger partial charge in [-0.25, -0.2) is 14.8 Å². The molecule has 1 N–H and O–H groups in total. The van der Waals surface area contributed by atoms with E-state index in [1.165, 1.54) is 6.20 Å². The van der Waals surface area contributed by atoms with E-state index in [9.17, 15) is 9.59 Å². The summed E-state index contributed by atoms with van der Waals surface area (Å²) >= 11 is 1.60. The third kappa shape index (κ3) is 6.09. The van der Waals surface area contributed by atoms with Gasteiger partial charge in [0.15, 0.2) is 0 Å². The lowest BCUT2D eigenvalue weighted by Gasteiger charge is -2.35. The second-order valence-corrected chi connectivity index (χ2v) is 12.3. The summed E-state index contributed by atoms with van der Waals surface area (Å²) in [4.78, 5) is 43.6. The van der Waals surface area contributed by atoms with Gasteiger partial charge in [-0.3, -0.25) is 14.7 Å². The molecule has 1 aliphatic heterocycles. The van der Waals surface area contributed by atoms with Gasteiger partial charge in [0.05, 0.1) is 33.1 Å². The largest absolute Gasteiger partial charge is 0.444 e. The minimum absolute atomic E-state index is 0.252. The van der Waals surface area contributed by atoms with E-state index in [1.54, 1.807) is 16.2 Å². The van der Waals surface area contributed by atoms with Crippen molar-refractivity contribution >= 4 is 50.3 Å². The lowest BCUT2D eigenvalue weighted by Crippen LogP contribution is -2.49. The molecule has 2 amide bonds. The normalized spacial score (nSPS) is 14.3. The minimum atomic E-state index is -0.502. The van der Waals surface area contributed by atoms with Gasteiger partial charge in [0.25, 0.3) is 5.91 Å². The van der Waals surface area contributed by atoms with Gasteiger partial charge < -0.3 is 15.0 Å². The minimum Gasteiger partial charge on any atom is -0.444 e. The lowest BCUT2D eigenvalue weighted by atomic mass is 10.1. The van der Waals surface area contributed by atoms with Gasteiger partial charge in [0, 0.05) is 38.3 Å². The summed E-state index contributed by atoms with van der Waals surface area (Å²) in [6.45, 7) is 9.17. The van der Waals surface area contributed by atoms with Crippen LogP contribution >= 0.6 is 11.3 Å². The number of fused-ring (bicyclic) bond motifs is 2. The number of aromatic nitrogens is 3. The van der Waals surface area contributed by atoms with E-state index in [-0.39, 0.29) is 17.7 Å². The Morgan fingerprint density at radius 1 is 0.905 bits per heavy atom. The van der Waals surface area contributed by atoms with Crippen molar-refractivity contribution in [3.8, 4) is 10.6 Å². The van der Waals surface area contributed by atoms with Crippen LogP contribution in [-0.2, 0) is 11.3 Å². The maximum atomic E-state index is 13.2. The maximum absolute atomic E-state index is 13.2. The molecule has 1 fully saturated rings. The van der Waals surface area contributed by atoms with E-state index in [2.05, 4.69) is 38.4 Å². The molecule has 3 aromatic carbocycles. The number of piperazine rings is 1. The Labute approximate surface area is 248 Å². The van der Waals surface area contributed by atoms with Gasteiger partial charge in [-0.15, -0.1) is 11.3 Å². The topological polar surface area (TPSA) is 101 Å². The number of nitrogens with one attached hydrogen (secondary N) is 1. The highest BCUT2D eigenvalue weighted by Gasteiger charge is 2.26. The fourth-order valence-corrected chi connectivity index (χ4v) is 5.99. The van der Waals surface area contributed by atoms with Crippen LogP contribution in [0.4, 0.5) is 10.5 Å². The van der Waals surface area contributed by atoms with Crippen LogP contribution in [0.25, 0.3) is 31.8 Å².